The molecule has 1 heterocycles. The van der Waals surface area contributed by atoms with Crippen LogP contribution in [0.25, 0.3) is 11.3 Å². The van der Waals surface area contributed by atoms with Gasteiger partial charge in [-0.05, 0) is 50.5 Å². The molecule has 0 radical (unpaired) electrons. The second-order valence-corrected chi connectivity index (χ2v) is 5.21. The SMILES string of the molecule is CCOc1c(C)cc(-c2csc(N)n2)c(C)c1C. The van der Waals surface area contributed by atoms with E-state index >= 15 is 0 Å². The molecule has 0 aliphatic carbocycles. The van der Waals surface area contributed by atoms with Gasteiger partial charge in [-0.15, -0.1) is 11.3 Å². The highest BCUT2D eigenvalue weighted by atomic mass is 32.1. The maximum absolute atomic E-state index is 5.70. The molecule has 96 valence electrons. The largest absolute Gasteiger partial charge is 0.493 e. The summed E-state index contributed by atoms with van der Waals surface area (Å²) in [7, 11) is 0. The molecule has 0 saturated carbocycles. The van der Waals surface area contributed by atoms with E-state index < -0.39 is 0 Å². The summed E-state index contributed by atoms with van der Waals surface area (Å²) in [4.78, 5) is 4.36. The summed E-state index contributed by atoms with van der Waals surface area (Å²) in [5.41, 5.74) is 11.3. The van der Waals surface area contributed by atoms with Gasteiger partial charge in [-0.1, -0.05) is 0 Å². The number of hydrogen-bond acceptors (Lipinski definition) is 4. The number of aryl methyl sites for hydroxylation is 1. The number of benzene rings is 1. The average molecular weight is 262 g/mol. The second-order valence-electron chi connectivity index (χ2n) is 4.32. The Morgan fingerprint density at radius 1 is 1.28 bits per heavy atom. The molecule has 0 bridgehead atoms. The predicted octanol–water partition coefficient (Wildman–Crippen LogP) is 3.72. The van der Waals surface area contributed by atoms with Crippen LogP contribution in [-0.2, 0) is 0 Å². The Balaban J connectivity index is 2.57. The van der Waals surface area contributed by atoms with Crippen LogP contribution in [0.15, 0.2) is 11.4 Å². The second kappa shape index (κ2) is 4.98. The van der Waals surface area contributed by atoms with Crippen LogP contribution in [0.1, 0.15) is 23.6 Å². The van der Waals surface area contributed by atoms with Crippen LogP contribution < -0.4 is 10.5 Å². The van der Waals surface area contributed by atoms with E-state index in [9.17, 15) is 0 Å². The fourth-order valence-corrected chi connectivity index (χ4v) is 2.67. The summed E-state index contributed by atoms with van der Waals surface area (Å²) in [6.45, 7) is 8.94. The minimum absolute atomic E-state index is 0.605. The first-order chi connectivity index (χ1) is 8.54. The molecular formula is C14H18N2OS. The number of aromatic nitrogens is 1. The van der Waals surface area contributed by atoms with Crippen LogP contribution in [0.4, 0.5) is 5.13 Å². The number of nitrogens with two attached hydrogens (primary N) is 1. The van der Waals surface area contributed by atoms with Crippen molar-refractivity contribution in [3.63, 3.8) is 0 Å². The Bertz CT molecular complexity index is 575. The molecule has 4 heteroatoms. The smallest absolute Gasteiger partial charge is 0.180 e. The van der Waals surface area contributed by atoms with Gasteiger partial charge in [-0.2, -0.15) is 0 Å². The van der Waals surface area contributed by atoms with Gasteiger partial charge < -0.3 is 10.5 Å². The van der Waals surface area contributed by atoms with E-state index in [2.05, 4.69) is 31.8 Å². The van der Waals surface area contributed by atoms with Crippen molar-refractivity contribution in [3.05, 3.63) is 28.1 Å². The minimum atomic E-state index is 0.605. The third-order valence-corrected chi connectivity index (χ3v) is 3.79. The molecule has 0 saturated heterocycles. The normalized spacial score (nSPS) is 10.7. The van der Waals surface area contributed by atoms with Gasteiger partial charge in [-0.3, -0.25) is 0 Å². The Labute approximate surface area is 112 Å². The average Bonchev–Trinajstić information content (AvgIpc) is 2.76. The Kier molecular flexibility index (Phi) is 3.57. The van der Waals surface area contributed by atoms with Crippen molar-refractivity contribution < 1.29 is 4.74 Å². The highest BCUT2D eigenvalue weighted by molar-refractivity contribution is 7.13. The van der Waals surface area contributed by atoms with E-state index in [0.29, 0.717) is 11.7 Å². The molecule has 0 aliphatic heterocycles. The third kappa shape index (κ3) is 2.20. The predicted molar refractivity (Wildman–Crippen MR) is 77.3 cm³/mol. The molecule has 18 heavy (non-hydrogen) atoms. The van der Waals surface area contributed by atoms with E-state index in [4.69, 9.17) is 10.5 Å². The third-order valence-electron chi connectivity index (χ3n) is 3.11. The van der Waals surface area contributed by atoms with Crippen LogP contribution in [0, 0.1) is 20.8 Å². The van der Waals surface area contributed by atoms with Crippen molar-refractivity contribution >= 4 is 16.5 Å². The lowest BCUT2D eigenvalue weighted by atomic mass is 9.97. The maximum Gasteiger partial charge on any atom is 0.180 e. The van der Waals surface area contributed by atoms with Crippen LogP contribution in [0.5, 0.6) is 5.75 Å². The fourth-order valence-electron chi connectivity index (χ4n) is 2.10. The van der Waals surface area contributed by atoms with E-state index in [1.165, 1.54) is 22.5 Å². The van der Waals surface area contributed by atoms with Gasteiger partial charge in [-0.25, -0.2) is 4.98 Å². The van der Waals surface area contributed by atoms with Crippen molar-refractivity contribution in [1.82, 2.24) is 4.98 Å². The van der Waals surface area contributed by atoms with E-state index in [1.807, 2.05) is 12.3 Å². The molecule has 3 nitrogen and oxygen atoms in total. The molecule has 0 fully saturated rings. The van der Waals surface area contributed by atoms with Gasteiger partial charge in [0.15, 0.2) is 5.13 Å². The standard InChI is InChI=1S/C14H18N2OS/c1-5-17-13-8(2)6-11(9(3)10(13)4)12-7-18-14(15)16-12/h6-7H,5H2,1-4H3,(H2,15,16). The van der Waals surface area contributed by atoms with Crippen molar-refractivity contribution in [2.24, 2.45) is 0 Å². The monoisotopic (exact) mass is 262 g/mol. The Morgan fingerprint density at radius 3 is 2.56 bits per heavy atom. The lowest BCUT2D eigenvalue weighted by Gasteiger charge is -2.15. The van der Waals surface area contributed by atoms with E-state index in [-0.39, 0.29) is 0 Å². The van der Waals surface area contributed by atoms with Gasteiger partial charge in [0.05, 0.1) is 12.3 Å². The Hall–Kier alpha value is -1.55. The summed E-state index contributed by atoms with van der Waals surface area (Å²) in [5.74, 6) is 0.988. The molecule has 1 aromatic heterocycles. The van der Waals surface area contributed by atoms with Crippen molar-refractivity contribution in [1.29, 1.82) is 0 Å². The van der Waals surface area contributed by atoms with Crippen molar-refractivity contribution in [3.8, 4) is 17.0 Å². The quantitative estimate of drug-likeness (QED) is 0.917. The number of nitrogen functional groups attached to an aromatic ring is 1. The van der Waals surface area contributed by atoms with Crippen molar-refractivity contribution in [2.75, 3.05) is 12.3 Å². The van der Waals surface area contributed by atoms with Crippen LogP contribution in [0.2, 0.25) is 0 Å². The van der Waals surface area contributed by atoms with Gasteiger partial charge in [0.2, 0.25) is 0 Å². The number of thiazole rings is 1. The minimum Gasteiger partial charge on any atom is -0.493 e. The number of rotatable bonds is 3. The zero-order valence-electron chi connectivity index (χ0n) is 11.2. The molecule has 0 amide bonds. The van der Waals surface area contributed by atoms with Crippen LogP contribution in [0.3, 0.4) is 0 Å². The number of hydrogen-bond donors (Lipinski definition) is 1. The highest BCUT2D eigenvalue weighted by Crippen LogP contribution is 2.35. The Morgan fingerprint density at radius 2 is 2.00 bits per heavy atom. The molecule has 0 aliphatic rings. The van der Waals surface area contributed by atoms with Gasteiger partial charge in [0.25, 0.3) is 0 Å². The number of ether oxygens (including phenoxy) is 1. The molecule has 2 N–H and O–H groups in total. The molecule has 2 rings (SSSR count). The molecule has 2 aromatic rings. The summed E-state index contributed by atoms with van der Waals surface area (Å²) in [5, 5.41) is 2.60. The number of nitrogens with zero attached hydrogens (tertiary/aromatic N) is 1. The van der Waals surface area contributed by atoms with Gasteiger partial charge in [0.1, 0.15) is 5.75 Å². The first kappa shape index (κ1) is 12.9. The highest BCUT2D eigenvalue weighted by Gasteiger charge is 2.14. The van der Waals surface area contributed by atoms with Crippen LogP contribution in [-0.4, -0.2) is 11.6 Å². The zero-order valence-corrected chi connectivity index (χ0v) is 12.0. The molecule has 1 aromatic carbocycles. The summed E-state index contributed by atoms with van der Waals surface area (Å²) >= 11 is 1.47. The van der Waals surface area contributed by atoms with E-state index in [0.717, 1.165) is 22.6 Å². The van der Waals surface area contributed by atoms with Gasteiger partial charge >= 0.3 is 0 Å². The lowest BCUT2D eigenvalue weighted by Crippen LogP contribution is -2.00. The molecular weight excluding hydrogens is 244 g/mol. The first-order valence-corrected chi connectivity index (χ1v) is 6.87. The van der Waals surface area contributed by atoms with Crippen molar-refractivity contribution in [2.45, 2.75) is 27.7 Å². The summed E-state index contributed by atoms with van der Waals surface area (Å²) in [6.07, 6.45) is 0. The maximum atomic E-state index is 5.70. The topological polar surface area (TPSA) is 48.1 Å². The van der Waals surface area contributed by atoms with Gasteiger partial charge in [0, 0.05) is 10.9 Å². The molecule has 0 spiro atoms. The summed E-state index contributed by atoms with van der Waals surface area (Å²) in [6, 6.07) is 2.13. The molecule has 0 atom stereocenters. The lowest BCUT2D eigenvalue weighted by molar-refractivity contribution is 0.335. The first-order valence-electron chi connectivity index (χ1n) is 5.99. The zero-order chi connectivity index (χ0) is 13.3. The molecule has 0 unspecified atom stereocenters. The summed E-state index contributed by atoms with van der Waals surface area (Å²) < 4.78 is 5.70. The fraction of sp³-hybridized carbons (Fsp3) is 0.357. The van der Waals surface area contributed by atoms with Crippen LogP contribution >= 0.6 is 11.3 Å². The number of anilines is 1. The van der Waals surface area contributed by atoms with E-state index in [1.54, 1.807) is 0 Å².